The Balaban J connectivity index is 1.49. The van der Waals surface area contributed by atoms with Crippen LogP contribution in [0.15, 0.2) is 30.3 Å². The van der Waals surface area contributed by atoms with Gasteiger partial charge in [-0.25, -0.2) is 0 Å². The molecule has 0 saturated carbocycles. The summed E-state index contributed by atoms with van der Waals surface area (Å²) in [7, 11) is 0. The second-order valence-corrected chi connectivity index (χ2v) is 7.53. The number of aliphatic hydroxyl groups is 2. The van der Waals surface area contributed by atoms with Crippen molar-refractivity contribution < 1.29 is 15.0 Å². The summed E-state index contributed by atoms with van der Waals surface area (Å²) in [5.41, 5.74) is 0.0584. The number of likely N-dealkylation sites (tertiary alicyclic amines) is 2. The molecule has 2 heterocycles. The molecule has 2 aliphatic rings. The zero-order valence-electron chi connectivity index (χ0n) is 14.9. The van der Waals surface area contributed by atoms with E-state index < -0.39 is 11.7 Å². The molecule has 25 heavy (non-hydrogen) atoms. The number of carbonyl (C=O) groups excluding carboxylic acids is 1. The fraction of sp³-hybridized carbons (Fsp3) is 0.650. The Kier molecular flexibility index (Phi) is 6.10. The highest BCUT2D eigenvalue weighted by Gasteiger charge is 2.42. The zero-order valence-corrected chi connectivity index (χ0v) is 14.9. The van der Waals surface area contributed by atoms with Crippen molar-refractivity contribution in [1.29, 1.82) is 0 Å². The molecular formula is C20H30N2O3. The lowest BCUT2D eigenvalue weighted by atomic mass is 9.87. The van der Waals surface area contributed by atoms with Gasteiger partial charge in [0.15, 0.2) is 0 Å². The normalized spacial score (nSPS) is 28.1. The molecule has 5 heteroatoms. The fourth-order valence-corrected chi connectivity index (χ4v) is 3.93. The van der Waals surface area contributed by atoms with Crippen LogP contribution >= 0.6 is 0 Å². The van der Waals surface area contributed by atoms with Crippen LogP contribution < -0.4 is 0 Å². The van der Waals surface area contributed by atoms with Gasteiger partial charge in [0.05, 0.1) is 0 Å². The Morgan fingerprint density at radius 3 is 2.52 bits per heavy atom. The molecule has 5 nitrogen and oxygen atoms in total. The van der Waals surface area contributed by atoms with E-state index in [0.29, 0.717) is 32.4 Å². The quantitative estimate of drug-likeness (QED) is 0.847. The van der Waals surface area contributed by atoms with Gasteiger partial charge in [-0.1, -0.05) is 36.8 Å². The maximum absolute atomic E-state index is 12.4. The van der Waals surface area contributed by atoms with Crippen molar-refractivity contribution in [1.82, 2.24) is 9.80 Å². The number of amides is 1. The van der Waals surface area contributed by atoms with E-state index in [1.54, 1.807) is 4.90 Å². The summed E-state index contributed by atoms with van der Waals surface area (Å²) in [6.07, 6.45) is 4.31. The molecule has 0 spiro atoms. The van der Waals surface area contributed by atoms with Crippen LogP contribution in [-0.2, 0) is 11.2 Å². The summed E-state index contributed by atoms with van der Waals surface area (Å²) in [6.45, 7) is 3.26. The molecule has 1 amide bonds. The van der Waals surface area contributed by atoms with Gasteiger partial charge >= 0.3 is 0 Å². The average molecular weight is 346 g/mol. The third-order valence-corrected chi connectivity index (χ3v) is 5.60. The van der Waals surface area contributed by atoms with Gasteiger partial charge in [-0.3, -0.25) is 4.79 Å². The van der Waals surface area contributed by atoms with Gasteiger partial charge in [-0.2, -0.15) is 0 Å². The number of piperidine rings is 2. The molecule has 2 atom stereocenters. The third-order valence-electron chi connectivity index (χ3n) is 5.60. The van der Waals surface area contributed by atoms with Crippen LogP contribution in [0.25, 0.3) is 0 Å². The second-order valence-electron chi connectivity index (χ2n) is 7.53. The van der Waals surface area contributed by atoms with E-state index in [9.17, 15) is 15.0 Å². The highest BCUT2D eigenvalue weighted by atomic mass is 16.3. The maximum atomic E-state index is 12.4. The highest BCUT2D eigenvalue weighted by Crippen LogP contribution is 2.26. The molecule has 1 aromatic carbocycles. The summed E-state index contributed by atoms with van der Waals surface area (Å²) in [5, 5.41) is 21.4. The van der Waals surface area contributed by atoms with Gasteiger partial charge in [0.2, 0.25) is 5.91 Å². The molecule has 2 N–H and O–H groups in total. The molecule has 2 saturated heterocycles. The van der Waals surface area contributed by atoms with E-state index in [-0.39, 0.29) is 12.5 Å². The van der Waals surface area contributed by atoms with Gasteiger partial charge in [0, 0.05) is 26.1 Å². The third kappa shape index (κ3) is 4.81. The fourth-order valence-electron chi connectivity index (χ4n) is 3.93. The lowest BCUT2D eigenvalue weighted by Crippen LogP contribution is -2.61. The molecular weight excluding hydrogens is 316 g/mol. The first kappa shape index (κ1) is 18.4. The Hall–Kier alpha value is -1.43. The molecule has 0 radical (unpaired) electrons. The summed E-state index contributed by atoms with van der Waals surface area (Å²) in [4.78, 5) is 16.4. The molecule has 2 aliphatic heterocycles. The van der Waals surface area contributed by atoms with Crippen LogP contribution in [0.5, 0.6) is 0 Å². The molecule has 0 aromatic heterocycles. The SMILES string of the molecule is O=C(CCc1ccccc1)N1CC[C@](O)(CN2CCCCC2)[C@@H](O)C1. The van der Waals surface area contributed by atoms with E-state index in [4.69, 9.17) is 0 Å². The summed E-state index contributed by atoms with van der Waals surface area (Å²) >= 11 is 0. The first-order chi connectivity index (χ1) is 12.1. The number of hydrogen-bond donors (Lipinski definition) is 2. The molecule has 138 valence electrons. The maximum Gasteiger partial charge on any atom is 0.222 e. The van der Waals surface area contributed by atoms with E-state index in [0.717, 1.165) is 31.5 Å². The first-order valence-corrected chi connectivity index (χ1v) is 9.51. The summed E-state index contributed by atoms with van der Waals surface area (Å²) in [5.74, 6) is 0.0583. The molecule has 1 aromatic rings. The number of β-amino-alcohol motifs (C(OH)–C–C–N with tert-alkyl or cyclic N) is 2. The summed E-state index contributed by atoms with van der Waals surface area (Å²) in [6, 6.07) is 9.97. The van der Waals surface area contributed by atoms with Crippen LogP contribution in [0.1, 0.15) is 37.7 Å². The summed E-state index contributed by atoms with van der Waals surface area (Å²) < 4.78 is 0. The van der Waals surface area contributed by atoms with E-state index >= 15 is 0 Å². The van der Waals surface area contributed by atoms with Crippen molar-refractivity contribution in [2.24, 2.45) is 0 Å². The van der Waals surface area contributed by atoms with Crippen molar-refractivity contribution in [2.75, 3.05) is 32.7 Å². The lowest BCUT2D eigenvalue weighted by Gasteiger charge is -2.45. The molecule has 3 rings (SSSR count). The average Bonchev–Trinajstić information content (AvgIpc) is 2.64. The van der Waals surface area contributed by atoms with E-state index in [1.165, 1.54) is 6.42 Å². The van der Waals surface area contributed by atoms with Crippen LogP contribution in [0.2, 0.25) is 0 Å². The molecule has 0 aliphatic carbocycles. The monoisotopic (exact) mass is 346 g/mol. The Bertz CT molecular complexity index is 559. The molecule has 2 fully saturated rings. The minimum Gasteiger partial charge on any atom is -0.388 e. The smallest absolute Gasteiger partial charge is 0.222 e. The molecule has 0 unspecified atom stereocenters. The van der Waals surface area contributed by atoms with Gasteiger partial charge in [0.1, 0.15) is 11.7 Å². The van der Waals surface area contributed by atoms with Gasteiger partial charge in [0.25, 0.3) is 0 Å². The first-order valence-electron chi connectivity index (χ1n) is 9.51. The number of hydrogen-bond acceptors (Lipinski definition) is 4. The second kappa shape index (κ2) is 8.30. The van der Waals surface area contributed by atoms with Gasteiger partial charge < -0.3 is 20.0 Å². The van der Waals surface area contributed by atoms with E-state index in [2.05, 4.69) is 4.90 Å². The number of rotatable bonds is 5. The largest absolute Gasteiger partial charge is 0.388 e. The standard InChI is InChI=1S/C20H30N2O3/c23-18-15-22(19(24)10-9-17-7-3-1-4-8-17)14-11-20(18,25)16-21-12-5-2-6-13-21/h1,3-4,7-8,18,23,25H,2,5-6,9-16H2/t18-,20-/m0/s1. The van der Waals surface area contributed by atoms with Crippen LogP contribution in [0.4, 0.5) is 0 Å². The van der Waals surface area contributed by atoms with Crippen molar-refractivity contribution in [2.45, 2.75) is 50.2 Å². The number of nitrogens with zero attached hydrogens (tertiary/aromatic N) is 2. The van der Waals surface area contributed by atoms with Crippen molar-refractivity contribution in [3.8, 4) is 0 Å². The van der Waals surface area contributed by atoms with Gasteiger partial charge in [-0.05, 0) is 44.3 Å². The Morgan fingerprint density at radius 1 is 1.12 bits per heavy atom. The van der Waals surface area contributed by atoms with Crippen molar-refractivity contribution >= 4 is 5.91 Å². The van der Waals surface area contributed by atoms with Crippen molar-refractivity contribution in [3.05, 3.63) is 35.9 Å². The Labute approximate surface area is 150 Å². The number of aliphatic hydroxyl groups excluding tert-OH is 1. The molecule has 0 bridgehead atoms. The minimum absolute atomic E-state index is 0.0583. The van der Waals surface area contributed by atoms with E-state index in [1.807, 2.05) is 30.3 Å². The van der Waals surface area contributed by atoms with Gasteiger partial charge in [-0.15, -0.1) is 0 Å². The number of aryl methyl sites for hydroxylation is 1. The minimum atomic E-state index is -1.09. The predicted octanol–water partition coefficient (Wildman–Crippen LogP) is 1.43. The lowest BCUT2D eigenvalue weighted by molar-refractivity contribution is -0.153. The van der Waals surface area contributed by atoms with Crippen LogP contribution in [0.3, 0.4) is 0 Å². The number of benzene rings is 1. The number of carbonyl (C=O) groups is 1. The highest BCUT2D eigenvalue weighted by molar-refractivity contribution is 5.76. The predicted molar refractivity (Wildman–Crippen MR) is 97.2 cm³/mol. The van der Waals surface area contributed by atoms with Crippen LogP contribution in [0, 0.1) is 0 Å². The topological polar surface area (TPSA) is 64.0 Å². The Morgan fingerprint density at radius 2 is 1.84 bits per heavy atom. The van der Waals surface area contributed by atoms with Crippen molar-refractivity contribution in [3.63, 3.8) is 0 Å². The zero-order chi connectivity index (χ0) is 17.7. The van der Waals surface area contributed by atoms with Crippen LogP contribution in [-0.4, -0.2) is 70.3 Å².